The molecule has 23 heavy (non-hydrogen) atoms. The highest BCUT2D eigenvalue weighted by Gasteiger charge is 2.16. The lowest BCUT2D eigenvalue weighted by Gasteiger charge is -2.17. The molecule has 1 aromatic carbocycles. The van der Waals surface area contributed by atoms with Crippen LogP contribution >= 0.6 is 0 Å². The van der Waals surface area contributed by atoms with Gasteiger partial charge in [0.1, 0.15) is 0 Å². The quantitative estimate of drug-likeness (QED) is 0.914. The summed E-state index contributed by atoms with van der Waals surface area (Å²) in [4.78, 5) is 24.0. The van der Waals surface area contributed by atoms with Crippen molar-refractivity contribution < 1.29 is 4.79 Å². The second-order valence-corrected chi connectivity index (χ2v) is 6.84. The third-order valence-electron chi connectivity index (χ3n) is 3.41. The summed E-state index contributed by atoms with van der Waals surface area (Å²) in [5, 5.41) is 7.20. The van der Waals surface area contributed by atoms with Crippen molar-refractivity contribution in [1.29, 1.82) is 0 Å². The molecule has 0 atom stereocenters. The Morgan fingerprint density at radius 2 is 1.87 bits per heavy atom. The monoisotopic (exact) mass is 316 g/mol. The van der Waals surface area contributed by atoms with E-state index in [1.54, 1.807) is 7.05 Å². The van der Waals surface area contributed by atoms with Crippen molar-refractivity contribution in [1.82, 2.24) is 19.7 Å². The fourth-order valence-corrected chi connectivity index (χ4v) is 2.32. The maximum Gasteiger partial charge on any atom is 0.345 e. The van der Waals surface area contributed by atoms with Crippen molar-refractivity contribution in [3.05, 3.63) is 40.8 Å². The van der Waals surface area contributed by atoms with Gasteiger partial charge in [-0.25, -0.2) is 9.48 Å². The molecule has 0 aliphatic heterocycles. The molecule has 6 nitrogen and oxygen atoms in total. The molecule has 1 N–H and O–H groups in total. The number of aromatic nitrogens is 3. The van der Waals surface area contributed by atoms with E-state index in [0.29, 0.717) is 25.3 Å². The average Bonchev–Trinajstić information content (AvgIpc) is 2.75. The molecule has 0 saturated heterocycles. The molecule has 0 unspecified atom stereocenters. The molecule has 124 valence electrons. The Hall–Kier alpha value is -2.37. The van der Waals surface area contributed by atoms with E-state index < -0.39 is 0 Å². The number of rotatable bonds is 5. The fourth-order valence-electron chi connectivity index (χ4n) is 2.32. The van der Waals surface area contributed by atoms with Crippen molar-refractivity contribution in [3.8, 4) is 11.4 Å². The van der Waals surface area contributed by atoms with Crippen LogP contribution in [0.15, 0.2) is 35.1 Å². The van der Waals surface area contributed by atoms with Gasteiger partial charge in [0.15, 0.2) is 5.82 Å². The molecular formula is C17H24N4O2. The Kier molecular flexibility index (Phi) is 5.03. The third kappa shape index (κ3) is 4.55. The lowest BCUT2D eigenvalue weighted by atomic mass is 9.92. The van der Waals surface area contributed by atoms with Gasteiger partial charge in [-0.1, -0.05) is 51.1 Å². The summed E-state index contributed by atoms with van der Waals surface area (Å²) < 4.78 is 2.91. The number of carbonyl (C=O) groups is 1. The van der Waals surface area contributed by atoms with Gasteiger partial charge in [0.25, 0.3) is 0 Å². The van der Waals surface area contributed by atoms with Crippen LogP contribution in [0.3, 0.4) is 0 Å². The first-order chi connectivity index (χ1) is 10.8. The molecule has 2 aromatic rings. The lowest BCUT2D eigenvalue weighted by Crippen LogP contribution is -2.33. The Morgan fingerprint density at radius 3 is 2.48 bits per heavy atom. The van der Waals surface area contributed by atoms with Crippen LogP contribution in [0.5, 0.6) is 0 Å². The van der Waals surface area contributed by atoms with Gasteiger partial charge in [0.2, 0.25) is 5.91 Å². The van der Waals surface area contributed by atoms with Crippen LogP contribution in [0.4, 0.5) is 0 Å². The summed E-state index contributed by atoms with van der Waals surface area (Å²) in [6.45, 7) is 6.79. The van der Waals surface area contributed by atoms with Crippen LogP contribution in [0.1, 0.15) is 27.2 Å². The Balaban J connectivity index is 2.02. The zero-order chi connectivity index (χ0) is 17.0. The van der Waals surface area contributed by atoms with Crippen LogP contribution in [0, 0.1) is 5.41 Å². The van der Waals surface area contributed by atoms with E-state index in [1.165, 1.54) is 9.25 Å². The van der Waals surface area contributed by atoms with E-state index in [0.717, 1.165) is 5.56 Å². The predicted molar refractivity (Wildman–Crippen MR) is 90.0 cm³/mol. The molecule has 6 heteroatoms. The van der Waals surface area contributed by atoms with Gasteiger partial charge in [-0.2, -0.15) is 0 Å². The molecule has 0 bridgehead atoms. The molecule has 0 radical (unpaired) electrons. The number of benzene rings is 1. The van der Waals surface area contributed by atoms with E-state index in [1.807, 2.05) is 51.1 Å². The number of amides is 1. The smallest absolute Gasteiger partial charge is 0.345 e. The van der Waals surface area contributed by atoms with Gasteiger partial charge < -0.3 is 5.32 Å². The maximum atomic E-state index is 12.2. The minimum atomic E-state index is -0.186. The highest BCUT2D eigenvalue weighted by molar-refractivity contribution is 5.76. The summed E-state index contributed by atoms with van der Waals surface area (Å²) in [6.07, 6.45) is 0.458. The molecule has 0 saturated carbocycles. The molecule has 1 aromatic heterocycles. The number of hydrogen-bond donors (Lipinski definition) is 1. The number of hydrogen-bond acceptors (Lipinski definition) is 3. The van der Waals surface area contributed by atoms with Crippen molar-refractivity contribution >= 4 is 5.91 Å². The van der Waals surface area contributed by atoms with Gasteiger partial charge >= 0.3 is 5.69 Å². The molecule has 0 aliphatic rings. The number of nitrogens with zero attached hydrogens (tertiary/aromatic N) is 3. The minimum Gasteiger partial charge on any atom is -0.354 e. The Labute approximate surface area is 136 Å². The topological polar surface area (TPSA) is 68.9 Å². The summed E-state index contributed by atoms with van der Waals surface area (Å²) >= 11 is 0. The van der Waals surface area contributed by atoms with Gasteiger partial charge in [-0.15, -0.1) is 5.10 Å². The average molecular weight is 316 g/mol. The summed E-state index contributed by atoms with van der Waals surface area (Å²) in [5.74, 6) is 0.612. The van der Waals surface area contributed by atoms with Crippen LogP contribution in [0.2, 0.25) is 0 Å². The van der Waals surface area contributed by atoms with Crippen molar-refractivity contribution in [3.63, 3.8) is 0 Å². The molecule has 0 fully saturated rings. The van der Waals surface area contributed by atoms with E-state index in [-0.39, 0.29) is 17.0 Å². The third-order valence-corrected chi connectivity index (χ3v) is 3.41. The zero-order valence-corrected chi connectivity index (χ0v) is 14.2. The summed E-state index contributed by atoms with van der Waals surface area (Å²) in [7, 11) is 1.70. The molecular weight excluding hydrogens is 292 g/mol. The van der Waals surface area contributed by atoms with Crippen molar-refractivity contribution in [2.24, 2.45) is 12.5 Å². The number of carbonyl (C=O) groups excluding carboxylic acids is 1. The largest absolute Gasteiger partial charge is 0.354 e. The van der Waals surface area contributed by atoms with Gasteiger partial charge in [-0.3, -0.25) is 9.36 Å². The first-order valence-corrected chi connectivity index (χ1v) is 7.74. The van der Waals surface area contributed by atoms with Crippen molar-refractivity contribution in [2.75, 3.05) is 6.54 Å². The van der Waals surface area contributed by atoms with E-state index in [9.17, 15) is 9.59 Å². The summed E-state index contributed by atoms with van der Waals surface area (Å²) in [6, 6.07) is 9.56. The van der Waals surface area contributed by atoms with Gasteiger partial charge in [0.05, 0.1) is 6.54 Å². The zero-order valence-electron chi connectivity index (χ0n) is 14.2. The van der Waals surface area contributed by atoms with Gasteiger partial charge in [-0.05, 0) is 5.41 Å². The molecule has 1 heterocycles. The molecule has 2 rings (SSSR count). The van der Waals surface area contributed by atoms with Crippen LogP contribution in [0.25, 0.3) is 11.4 Å². The summed E-state index contributed by atoms with van der Waals surface area (Å²) in [5.41, 5.74) is 0.656. The SMILES string of the molecule is Cn1c(-c2ccccc2)nn(CCNC(=O)CC(C)(C)C)c1=O. The Bertz CT molecular complexity index is 723. The molecule has 0 aliphatic carbocycles. The fraction of sp³-hybridized carbons (Fsp3) is 0.471. The maximum absolute atomic E-state index is 12.2. The highest BCUT2D eigenvalue weighted by Crippen LogP contribution is 2.17. The van der Waals surface area contributed by atoms with Crippen LogP contribution in [-0.2, 0) is 18.4 Å². The molecule has 0 spiro atoms. The molecule has 1 amide bonds. The van der Waals surface area contributed by atoms with Crippen LogP contribution in [-0.4, -0.2) is 26.8 Å². The van der Waals surface area contributed by atoms with E-state index in [2.05, 4.69) is 10.4 Å². The minimum absolute atomic E-state index is 0.00948. The lowest BCUT2D eigenvalue weighted by molar-refractivity contribution is -0.122. The first-order valence-electron chi connectivity index (χ1n) is 7.74. The predicted octanol–water partition coefficient (Wildman–Crippen LogP) is 1.80. The van der Waals surface area contributed by atoms with Gasteiger partial charge in [0, 0.05) is 25.6 Å². The second kappa shape index (κ2) is 6.81. The van der Waals surface area contributed by atoms with E-state index >= 15 is 0 Å². The first kappa shape index (κ1) is 17.0. The standard InChI is InChI=1S/C17H24N4O2/c1-17(2,3)12-14(22)18-10-11-21-16(23)20(4)15(19-21)13-8-6-5-7-9-13/h5-9H,10-12H2,1-4H3,(H,18,22). The normalized spacial score (nSPS) is 11.5. The Morgan fingerprint density at radius 1 is 1.22 bits per heavy atom. The van der Waals surface area contributed by atoms with E-state index in [4.69, 9.17) is 0 Å². The number of nitrogens with one attached hydrogen (secondary N) is 1. The van der Waals surface area contributed by atoms with Crippen LogP contribution < -0.4 is 11.0 Å². The van der Waals surface area contributed by atoms with Crippen molar-refractivity contribution in [2.45, 2.75) is 33.7 Å². The highest BCUT2D eigenvalue weighted by atomic mass is 16.2. The second-order valence-electron chi connectivity index (χ2n) is 6.84.